The first-order chi connectivity index (χ1) is 13.7. The minimum absolute atomic E-state index is 0.00131. The number of hydrogen-bond acceptors (Lipinski definition) is 2. The van der Waals surface area contributed by atoms with Gasteiger partial charge in [0.05, 0.1) is 6.42 Å². The summed E-state index contributed by atoms with van der Waals surface area (Å²) in [5, 5.41) is 3.89. The van der Waals surface area contributed by atoms with Gasteiger partial charge in [-0.05, 0) is 50.5 Å². The average Bonchev–Trinajstić information content (AvgIpc) is 2.64. The molecule has 0 unspecified atom stereocenters. The molecule has 6 heteroatoms. The molecule has 29 heavy (non-hydrogen) atoms. The molecule has 1 N–H and O–H groups in total. The molecule has 0 fully saturated rings. The van der Waals surface area contributed by atoms with Crippen LogP contribution in [0.15, 0.2) is 42.5 Å². The summed E-state index contributed by atoms with van der Waals surface area (Å²) in [6, 6.07) is 12.5. The van der Waals surface area contributed by atoms with Crippen LogP contribution < -0.4 is 5.32 Å². The molecule has 0 radical (unpaired) electrons. The first kappa shape index (κ1) is 23.2. The van der Waals surface area contributed by atoms with E-state index in [4.69, 9.17) is 23.2 Å². The molecule has 156 valence electrons. The van der Waals surface area contributed by atoms with Crippen molar-refractivity contribution in [1.29, 1.82) is 0 Å². The quantitative estimate of drug-likeness (QED) is 0.622. The molecule has 0 bridgehead atoms. The average molecular weight is 435 g/mol. The van der Waals surface area contributed by atoms with Crippen molar-refractivity contribution in [3.63, 3.8) is 0 Å². The SMILES string of the molecule is CC[C@@H](C(=O)NC(C)C)N(Cc1ccc(C)cc1)C(=O)Cc1ccc(Cl)cc1Cl. The summed E-state index contributed by atoms with van der Waals surface area (Å²) in [5.41, 5.74) is 2.81. The second-order valence-corrected chi connectivity index (χ2v) is 8.35. The van der Waals surface area contributed by atoms with Gasteiger partial charge in [-0.3, -0.25) is 9.59 Å². The van der Waals surface area contributed by atoms with Crippen LogP contribution in [-0.2, 0) is 22.6 Å². The number of amides is 2. The lowest BCUT2D eigenvalue weighted by atomic mass is 10.1. The molecule has 0 spiro atoms. The maximum atomic E-state index is 13.3. The van der Waals surface area contributed by atoms with Crippen LogP contribution in [0, 0.1) is 6.92 Å². The van der Waals surface area contributed by atoms with Crippen LogP contribution in [0.2, 0.25) is 10.0 Å². The van der Waals surface area contributed by atoms with Gasteiger partial charge in [0.2, 0.25) is 11.8 Å². The van der Waals surface area contributed by atoms with Crippen LogP contribution >= 0.6 is 23.2 Å². The predicted molar refractivity (Wildman–Crippen MR) is 119 cm³/mol. The summed E-state index contributed by atoms with van der Waals surface area (Å²) in [5.74, 6) is -0.300. The van der Waals surface area contributed by atoms with Gasteiger partial charge in [0.15, 0.2) is 0 Å². The lowest BCUT2D eigenvalue weighted by Gasteiger charge is -2.31. The fraction of sp³-hybridized carbons (Fsp3) is 0.391. The third-order valence-electron chi connectivity index (χ3n) is 4.65. The third kappa shape index (κ3) is 6.76. The monoisotopic (exact) mass is 434 g/mol. The van der Waals surface area contributed by atoms with E-state index in [1.54, 1.807) is 23.1 Å². The van der Waals surface area contributed by atoms with Crippen molar-refractivity contribution in [2.24, 2.45) is 0 Å². The molecule has 0 aliphatic carbocycles. The van der Waals surface area contributed by atoms with Crippen molar-refractivity contribution in [3.05, 3.63) is 69.2 Å². The van der Waals surface area contributed by atoms with Gasteiger partial charge in [-0.2, -0.15) is 0 Å². The van der Waals surface area contributed by atoms with E-state index in [9.17, 15) is 9.59 Å². The van der Waals surface area contributed by atoms with Gasteiger partial charge < -0.3 is 10.2 Å². The number of benzene rings is 2. The Bertz CT molecular complexity index is 850. The fourth-order valence-electron chi connectivity index (χ4n) is 3.12. The molecule has 1 atom stereocenters. The summed E-state index contributed by atoms with van der Waals surface area (Å²) < 4.78 is 0. The van der Waals surface area contributed by atoms with Crippen LogP contribution in [0.4, 0.5) is 0 Å². The van der Waals surface area contributed by atoms with E-state index in [0.717, 1.165) is 11.1 Å². The number of nitrogens with one attached hydrogen (secondary N) is 1. The molecule has 0 saturated heterocycles. The standard InChI is InChI=1S/C23H28Cl2N2O2/c1-5-21(23(29)26-15(2)3)27(14-17-8-6-16(4)7-9-17)22(28)12-18-10-11-19(24)13-20(18)25/h6-11,13,15,21H,5,12,14H2,1-4H3,(H,26,29)/t21-/m0/s1. The molecule has 2 rings (SSSR count). The normalized spacial score (nSPS) is 12.0. The highest BCUT2D eigenvalue weighted by molar-refractivity contribution is 6.35. The number of carbonyl (C=O) groups is 2. The van der Waals surface area contributed by atoms with Gasteiger partial charge >= 0.3 is 0 Å². The zero-order valence-corrected chi connectivity index (χ0v) is 18.8. The number of aryl methyl sites for hydroxylation is 1. The van der Waals surface area contributed by atoms with Crippen LogP contribution in [0.3, 0.4) is 0 Å². The molecule has 0 aromatic heterocycles. The third-order valence-corrected chi connectivity index (χ3v) is 5.23. The van der Waals surface area contributed by atoms with Crippen molar-refractivity contribution in [2.45, 2.75) is 59.2 Å². The first-order valence-corrected chi connectivity index (χ1v) is 10.6. The van der Waals surface area contributed by atoms with Crippen LogP contribution in [0.5, 0.6) is 0 Å². The fourth-order valence-corrected chi connectivity index (χ4v) is 3.60. The Balaban J connectivity index is 2.31. The lowest BCUT2D eigenvalue weighted by Crippen LogP contribution is -2.50. The molecular formula is C23H28Cl2N2O2. The molecule has 4 nitrogen and oxygen atoms in total. The van der Waals surface area contributed by atoms with Crippen LogP contribution in [0.1, 0.15) is 43.9 Å². The molecule has 0 heterocycles. The van der Waals surface area contributed by atoms with Gasteiger partial charge in [0.1, 0.15) is 6.04 Å². The van der Waals surface area contributed by atoms with E-state index in [2.05, 4.69) is 5.32 Å². The van der Waals surface area contributed by atoms with Gasteiger partial charge in [-0.15, -0.1) is 0 Å². The van der Waals surface area contributed by atoms with E-state index in [1.807, 2.05) is 52.0 Å². The van der Waals surface area contributed by atoms with Crippen molar-refractivity contribution in [1.82, 2.24) is 10.2 Å². The van der Waals surface area contributed by atoms with E-state index < -0.39 is 6.04 Å². The zero-order chi connectivity index (χ0) is 21.6. The number of halogens is 2. The van der Waals surface area contributed by atoms with Crippen LogP contribution in [0.25, 0.3) is 0 Å². The molecule has 0 aliphatic rings. The Morgan fingerprint density at radius 3 is 2.28 bits per heavy atom. The molecule has 2 aromatic carbocycles. The number of carbonyl (C=O) groups excluding carboxylic acids is 2. The van der Waals surface area contributed by atoms with Gasteiger partial charge in [0.25, 0.3) is 0 Å². The van der Waals surface area contributed by atoms with Gasteiger partial charge in [0, 0.05) is 22.6 Å². The smallest absolute Gasteiger partial charge is 0.243 e. The first-order valence-electron chi connectivity index (χ1n) is 9.80. The minimum Gasteiger partial charge on any atom is -0.352 e. The second kappa shape index (κ2) is 10.7. The van der Waals surface area contributed by atoms with E-state index in [-0.39, 0.29) is 24.3 Å². The van der Waals surface area contributed by atoms with Crippen molar-refractivity contribution in [2.75, 3.05) is 0 Å². The second-order valence-electron chi connectivity index (χ2n) is 7.51. The number of rotatable bonds is 8. The van der Waals surface area contributed by atoms with Crippen molar-refractivity contribution in [3.8, 4) is 0 Å². The topological polar surface area (TPSA) is 49.4 Å². The van der Waals surface area contributed by atoms with E-state index in [0.29, 0.717) is 28.6 Å². The summed E-state index contributed by atoms with van der Waals surface area (Å²) >= 11 is 12.2. The van der Waals surface area contributed by atoms with Crippen molar-refractivity contribution < 1.29 is 9.59 Å². The molecule has 0 aliphatic heterocycles. The number of hydrogen-bond donors (Lipinski definition) is 1. The highest BCUT2D eigenvalue weighted by Crippen LogP contribution is 2.23. The number of nitrogens with zero attached hydrogens (tertiary/aromatic N) is 1. The Labute approximate surface area is 183 Å². The van der Waals surface area contributed by atoms with E-state index in [1.165, 1.54) is 0 Å². The van der Waals surface area contributed by atoms with Gasteiger partial charge in [-0.25, -0.2) is 0 Å². The summed E-state index contributed by atoms with van der Waals surface area (Å²) in [6.45, 7) is 8.10. The Morgan fingerprint density at radius 2 is 1.72 bits per heavy atom. The maximum absolute atomic E-state index is 13.3. The van der Waals surface area contributed by atoms with E-state index >= 15 is 0 Å². The summed E-state index contributed by atoms with van der Waals surface area (Å²) in [6.07, 6.45) is 0.623. The predicted octanol–water partition coefficient (Wildman–Crippen LogP) is 5.18. The Kier molecular flexibility index (Phi) is 8.54. The Morgan fingerprint density at radius 1 is 1.07 bits per heavy atom. The largest absolute Gasteiger partial charge is 0.352 e. The highest BCUT2D eigenvalue weighted by Gasteiger charge is 2.29. The lowest BCUT2D eigenvalue weighted by molar-refractivity contribution is -0.141. The van der Waals surface area contributed by atoms with Crippen LogP contribution in [-0.4, -0.2) is 28.8 Å². The zero-order valence-electron chi connectivity index (χ0n) is 17.3. The Hall–Kier alpha value is -2.04. The molecular weight excluding hydrogens is 407 g/mol. The highest BCUT2D eigenvalue weighted by atomic mass is 35.5. The van der Waals surface area contributed by atoms with Crippen molar-refractivity contribution >= 4 is 35.0 Å². The van der Waals surface area contributed by atoms with Gasteiger partial charge in [-0.1, -0.05) is 66.0 Å². The molecule has 2 aromatic rings. The maximum Gasteiger partial charge on any atom is 0.243 e. The molecule has 0 saturated carbocycles. The summed E-state index contributed by atoms with van der Waals surface area (Å²) in [4.78, 5) is 27.7. The minimum atomic E-state index is -0.558. The molecule has 2 amide bonds. The summed E-state index contributed by atoms with van der Waals surface area (Å²) in [7, 11) is 0.